The fourth-order valence-corrected chi connectivity index (χ4v) is 1.67. The van der Waals surface area contributed by atoms with Crippen LogP contribution < -0.4 is 0 Å². The van der Waals surface area contributed by atoms with E-state index in [4.69, 9.17) is 9.84 Å². The van der Waals surface area contributed by atoms with Gasteiger partial charge in [0.25, 0.3) is 0 Å². The molecule has 0 saturated heterocycles. The Morgan fingerprint density at radius 2 is 2.26 bits per heavy atom. The molecule has 106 valence electrons. The summed E-state index contributed by atoms with van der Waals surface area (Å²) in [5.74, 6) is -1.21. The monoisotopic (exact) mass is 269 g/mol. The van der Waals surface area contributed by atoms with Crippen LogP contribution >= 0.6 is 0 Å². The number of rotatable bonds is 8. The van der Waals surface area contributed by atoms with Crippen LogP contribution in [0, 0.1) is 0 Å². The average Bonchev–Trinajstić information content (AvgIpc) is 2.77. The highest BCUT2D eigenvalue weighted by molar-refractivity contribution is 5.81. The highest BCUT2D eigenvalue weighted by Gasteiger charge is 2.16. The Hall–Kier alpha value is -1.89. The van der Waals surface area contributed by atoms with Gasteiger partial charge >= 0.3 is 5.97 Å². The molecule has 0 radical (unpaired) electrons. The number of carbonyl (C=O) groups excluding carboxylic acids is 1. The molecule has 1 amide bonds. The fourth-order valence-electron chi connectivity index (χ4n) is 1.67. The molecule has 0 saturated carbocycles. The van der Waals surface area contributed by atoms with Gasteiger partial charge in [-0.15, -0.1) is 0 Å². The third kappa shape index (κ3) is 5.52. The third-order valence-electron chi connectivity index (χ3n) is 2.63. The van der Waals surface area contributed by atoms with Crippen molar-refractivity contribution >= 4 is 11.9 Å². The van der Waals surface area contributed by atoms with Crippen molar-refractivity contribution in [1.29, 1.82) is 0 Å². The number of aromatic nitrogens is 2. The number of aliphatic carboxylic acids is 1. The molecule has 7 heteroatoms. The van der Waals surface area contributed by atoms with Crippen molar-refractivity contribution in [3.63, 3.8) is 0 Å². The smallest absolute Gasteiger partial charge is 0.323 e. The van der Waals surface area contributed by atoms with Gasteiger partial charge in [0.15, 0.2) is 0 Å². The van der Waals surface area contributed by atoms with Crippen LogP contribution in [0.4, 0.5) is 0 Å². The lowest BCUT2D eigenvalue weighted by molar-refractivity contribution is -0.144. The number of hydrogen-bond donors (Lipinski definition) is 1. The summed E-state index contributed by atoms with van der Waals surface area (Å²) in [6.45, 7) is 0.315. The molecule has 0 aliphatic rings. The maximum Gasteiger partial charge on any atom is 0.323 e. The Morgan fingerprint density at radius 3 is 2.79 bits per heavy atom. The minimum atomic E-state index is -1.02. The lowest BCUT2D eigenvalue weighted by Gasteiger charge is -2.20. The average molecular weight is 269 g/mol. The zero-order valence-corrected chi connectivity index (χ0v) is 11.2. The van der Waals surface area contributed by atoms with E-state index in [9.17, 15) is 9.59 Å². The second-order valence-corrected chi connectivity index (χ2v) is 4.22. The quantitative estimate of drug-likeness (QED) is 0.713. The van der Waals surface area contributed by atoms with Crippen LogP contribution in [0.2, 0.25) is 0 Å². The minimum Gasteiger partial charge on any atom is -0.480 e. The van der Waals surface area contributed by atoms with Crippen molar-refractivity contribution in [3.05, 3.63) is 18.0 Å². The molecule has 19 heavy (non-hydrogen) atoms. The van der Waals surface area contributed by atoms with E-state index in [1.807, 2.05) is 6.20 Å². The van der Waals surface area contributed by atoms with E-state index in [-0.39, 0.29) is 25.4 Å². The van der Waals surface area contributed by atoms with Gasteiger partial charge < -0.3 is 14.7 Å². The van der Waals surface area contributed by atoms with Crippen molar-refractivity contribution in [2.75, 3.05) is 26.8 Å². The van der Waals surface area contributed by atoms with Crippen LogP contribution in [0.1, 0.15) is 12.0 Å². The first-order chi connectivity index (χ1) is 9.02. The number of ether oxygens (including phenoxy) is 1. The fraction of sp³-hybridized carbons (Fsp3) is 0.583. The first-order valence-electron chi connectivity index (χ1n) is 5.99. The zero-order valence-electron chi connectivity index (χ0n) is 11.2. The van der Waals surface area contributed by atoms with Gasteiger partial charge in [-0.2, -0.15) is 5.10 Å². The van der Waals surface area contributed by atoms with Crippen molar-refractivity contribution < 1.29 is 19.4 Å². The van der Waals surface area contributed by atoms with E-state index in [2.05, 4.69) is 5.10 Å². The van der Waals surface area contributed by atoms with E-state index < -0.39 is 5.97 Å². The van der Waals surface area contributed by atoms with Gasteiger partial charge in [-0.1, -0.05) is 0 Å². The topological polar surface area (TPSA) is 84.7 Å². The van der Waals surface area contributed by atoms with E-state index in [0.29, 0.717) is 13.0 Å². The predicted octanol–water partition coefficient (Wildman–Crippen LogP) is -0.0877. The van der Waals surface area contributed by atoms with Crippen LogP contribution in [0.15, 0.2) is 12.4 Å². The van der Waals surface area contributed by atoms with Crippen molar-refractivity contribution in [2.24, 2.45) is 7.05 Å². The van der Waals surface area contributed by atoms with Gasteiger partial charge in [-0.3, -0.25) is 14.3 Å². The van der Waals surface area contributed by atoms with Crippen LogP contribution in [-0.2, 0) is 27.8 Å². The second kappa shape index (κ2) is 7.52. The second-order valence-electron chi connectivity index (χ2n) is 4.22. The molecule has 1 rings (SSSR count). The highest BCUT2D eigenvalue weighted by Crippen LogP contribution is 2.04. The van der Waals surface area contributed by atoms with E-state index >= 15 is 0 Å². The van der Waals surface area contributed by atoms with Gasteiger partial charge in [0.1, 0.15) is 6.54 Å². The SMILES string of the molecule is COCCN(CC(=O)O)C(=O)CCc1cnn(C)c1. The molecule has 1 heterocycles. The number of carboxylic acids is 1. The van der Waals surface area contributed by atoms with Crippen LogP contribution in [0.5, 0.6) is 0 Å². The molecule has 0 atom stereocenters. The molecule has 7 nitrogen and oxygen atoms in total. The lowest BCUT2D eigenvalue weighted by Crippen LogP contribution is -2.38. The van der Waals surface area contributed by atoms with Gasteiger partial charge in [0, 0.05) is 33.3 Å². The molecule has 1 N–H and O–H groups in total. The zero-order chi connectivity index (χ0) is 14.3. The number of nitrogens with zero attached hydrogens (tertiary/aromatic N) is 3. The summed E-state index contributed by atoms with van der Waals surface area (Å²) in [6.07, 6.45) is 4.35. The molecule has 0 unspecified atom stereocenters. The van der Waals surface area contributed by atoms with E-state index in [1.54, 1.807) is 17.9 Å². The Kier molecular flexibility index (Phi) is 6.01. The number of aryl methyl sites for hydroxylation is 2. The van der Waals surface area contributed by atoms with Crippen LogP contribution in [-0.4, -0.2) is 58.5 Å². The summed E-state index contributed by atoms with van der Waals surface area (Å²) < 4.78 is 6.54. The first-order valence-corrected chi connectivity index (χ1v) is 5.99. The summed E-state index contributed by atoms with van der Waals surface area (Å²) in [5, 5.41) is 12.8. The maximum absolute atomic E-state index is 11.9. The Morgan fingerprint density at radius 1 is 1.53 bits per heavy atom. The molecule has 1 aromatic heterocycles. The Balaban J connectivity index is 2.48. The van der Waals surface area contributed by atoms with Crippen LogP contribution in [0.3, 0.4) is 0 Å². The summed E-state index contributed by atoms with van der Waals surface area (Å²) in [5.41, 5.74) is 0.956. The Bertz CT molecular complexity index is 430. The van der Waals surface area contributed by atoms with Gasteiger partial charge in [-0.25, -0.2) is 0 Å². The molecule has 0 aliphatic heterocycles. The molecular weight excluding hydrogens is 250 g/mol. The predicted molar refractivity (Wildman–Crippen MR) is 67.6 cm³/mol. The molecular formula is C12H19N3O4. The molecule has 0 spiro atoms. The van der Waals surface area contributed by atoms with Crippen molar-refractivity contribution in [3.8, 4) is 0 Å². The minimum absolute atomic E-state index is 0.191. The number of amides is 1. The normalized spacial score (nSPS) is 10.4. The standard InChI is InChI=1S/C12H19N3O4/c1-14-8-10(7-13-14)3-4-11(16)15(5-6-19-2)9-12(17)18/h7-8H,3-6,9H2,1-2H3,(H,17,18). The third-order valence-corrected chi connectivity index (χ3v) is 2.63. The van der Waals surface area contributed by atoms with Crippen molar-refractivity contribution in [2.45, 2.75) is 12.8 Å². The first kappa shape index (κ1) is 15.2. The molecule has 0 aliphatic carbocycles. The highest BCUT2D eigenvalue weighted by atomic mass is 16.5. The lowest BCUT2D eigenvalue weighted by atomic mass is 10.2. The Labute approximate surface area is 111 Å². The molecule has 0 aromatic carbocycles. The van der Waals surface area contributed by atoms with Gasteiger partial charge in [0.2, 0.25) is 5.91 Å². The summed E-state index contributed by atoms with van der Waals surface area (Å²) >= 11 is 0. The van der Waals surface area contributed by atoms with Crippen molar-refractivity contribution in [1.82, 2.24) is 14.7 Å². The number of carboxylic acid groups (broad SMARTS) is 1. The largest absolute Gasteiger partial charge is 0.480 e. The number of hydrogen-bond acceptors (Lipinski definition) is 4. The van der Waals surface area contributed by atoms with Crippen LogP contribution in [0.25, 0.3) is 0 Å². The maximum atomic E-state index is 11.9. The summed E-state index contributed by atoms with van der Waals surface area (Å²) in [6, 6.07) is 0. The molecule has 0 bridgehead atoms. The molecule has 0 fully saturated rings. The summed E-state index contributed by atoms with van der Waals surface area (Å²) in [7, 11) is 3.32. The number of carbonyl (C=O) groups is 2. The van der Waals surface area contributed by atoms with Gasteiger partial charge in [-0.05, 0) is 12.0 Å². The number of methoxy groups -OCH3 is 1. The van der Waals surface area contributed by atoms with E-state index in [1.165, 1.54) is 12.0 Å². The summed E-state index contributed by atoms with van der Waals surface area (Å²) in [4.78, 5) is 23.9. The van der Waals surface area contributed by atoms with E-state index in [0.717, 1.165) is 5.56 Å². The molecule has 1 aromatic rings. The van der Waals surface area contributed by atoms with Gasteiger partial charge in [0.05, 0.1) is 12.8 Å².